The number of fused-ring (bicyclic) bond motifs is 1. The molecule has 21 heavy (non-hydrogen) atoms. The van der Waals surface area contributed by atoms with E-state index < -0.39 is 0 Å². The van der Waals surface area contributed by atoms with Crippen molar-refractivity contribution in [1.29, 1.82) is 0 Å². The van der Waals surface area contributed by atoms with Crippen molar-refractivity contribution in [2.45, 2.75) is 13.5 Å². The second-order valence-corrected chi connectivity index (χ2v) is 6.03. The quantitative estimate of drug-likeness (QED) is 0.889. The number of imidazole rings is 1. The van der Waals surface area contributed by atoms with Crippen LogP contribution in [0.1, 0.15) is 11.3 Å². The van der Waals surface area contributed by atoms with Crippen LogP contribution in [0.3, 0.4) is 0 Å². The molecule has 0 radical (unpaired) electrons. The molecule has 1 aliphatic rings. The fourth-order valence-corrected chi connectivity index (χ4v) is 2.83. The summed E-state index contributed by atoms with van der Waals surface area (Å²) in [6.45, 7) is 9.83. The van der Waals surface area contributed by atoms with Crippen LogP contribution in [-0.2, 0) is 6.54 Å². The summed E-state index contributed by atoms with van der Waals surface area (Å²) in [6.07, 6.45) is 4.27. The molecule has 3 heterocycles. The standard InChI is InChI=1S/C16H25N5/c1-14-3-4-16-18-15(13-21(16)11-14)12-19(2)9-10-20-7-5-17-6-8-20/h3-4,11,13,17H,5-10,12H2,1-2H3. The molecule has 2 aromatic heterocycles. The van der Waals surface area contributed by atoms with Gasteiger partial charge in [0.15, 0.2) is 0 Å². The van der Waals surface area contributed by atoms with Gasteiger partial charge in [0.1, 0.15) is 5.65 Å². The predicted molar refractivity (Wildman–Crippen MR) is 85.6 cm³/mol. The van der Waals surface area contributed by atoms with E-state index in [1.807, 2.05) is 0 Å². The smallest absolute Gasteiger partial charge is 0.137 e. The Morgan fingerprint density at radius 1 is 1.24 bits per heavy atom. The van der Waals surface area contributed by atoms with Crippen LogP contribution in [0.4, 0.5) is 0 Å². The largest absolute Gasteiger partial charge is 0.314 e. The van der Waals surface area contributed by atoms with Crippen LogP contribution < -0.4 is 5.32 Å². The molecular formula is C16H25N5. The number of aromatic nitrogens is 2. The first-order valence-corrected chi connectivity index (χ1v) is 7.76. The monoisotopic (exact) mass is 287 g/mol. The Morgan fingerprint density at radius 3 is 2.86 bits per heavy atom. The van der Waals surface area contributed by atoms with E-state index in [0.717, 1.165) is 44.1 Å². The van der Waals surface area contributed by atoms with Crippen molar-refractivity contribution < 1.29 is 0 Å². The van der Waals surface area contributed by atoms with Crippen molar-refractivity contribution in [1.82, 2.24) is 24.5 Å². The van der Waals surface area contributed by atoms with Gasteiger partial charge >= 0.3 is 0 Å². The summed E-state index contributed by atoms with van der Waals surface area (Å²) < 4.78 is 2.12. The highest BCUT2D eigenvalue weighted by molar-refractivity contribution is 5.41. The van der Waals surface area contributed by atoms with E-state index in [1.165, 1.54) is 18.7 Å². The third kappa shape index (κ3) is 3.81. The molecule has 1 N–H and O–H groups in total. The van der Waals surface area contributed by atoms with E-state index >= 15 is 0 Å². The van der Waals surface area contributed by atoms with Crippen LogP contribution in [0.25, 0.3) is 5.65 Å². The lowest BCUT2D eigenvalue weighted by Gasteiger charge is -2.28. The molecule has 0 unspecified atom stereocenters. The highest BCUT2D eigenvalue weighted by Gasteiger charge is 2.11. The molecule has 0 aromatic carbocycles. The SMILES string of the molecule is Cc1ccc2nc(CN(C)CCN3CCNCC3)cn2c1. The minimum atomic E-state index is 0.910. The number of likely N-dealkylation sites (N-methyl/N-ethyl adjacent to an activating group) is 1. The molecule has 0 spiro atoms. The van der Waals surface area contributed by atoms with Crippen LogP contribution >= 0.6 is 0 Å². The van der Waals surface area contributed by atoms with Crippen LogP contribution in [-0.4, -0.2) is 65.5 Å². The zero-order chi connectivity index (χ0) is 14.7. The first-order chi connectivity index (χ1) is 10.2. The van der Waals surface area contributed by atoms with Gasteiger partial charge in [0.25, 0.3) is 0 Å². The van der Waals surface area contributed by atoms with Gasteiger partial charge in [-0.15, -0.1) is 0 Å². The van der Waals surface area contributed by atoms with Crippen LogP contribution in [0, 0.1) is 6.92 Å². The normalized spacial score (nSPS) is 16.9. The first-order valence-electron chi connectivity index (χ1n) is 7.76. The summed E-state index contributed by atoms with van der Waals surface area (Å²) in [5.74, 6) is 0. The van der Waals surface area contributed by atoms with E-state index in [1.54, 1.807) is 0 Å². The first kappa shape index (κ1) is 14.5. The van der Waals surface area contributed by atoms with Crippen molar-refractivity contribution in [3.05, 3.63) is 35.8 Å². The summed E-state index contributed by atoms with van der Waals surface area (Å²) in [5.41, 5.74) is 3.44. The molecule has 1 saturated heterocycles. The third-order valence-corrected chi connectivity index (χ3v) is 4.09. The van der Waals surface area contributed by atoms with Crippen molar-refractivity contribution >= 4 is 5.65 Å². The number of hydrogen-bond donors (Lipinski definition) is 1. The average Bonchev–Trinajstić information content (AvgIpc) is 2.87. The summed E-state index contributed by atoms with van der Waals surface area (Å²) in [4.78, 5) is 9.57. The molecule has 114 valence electrons. The zero-order valence-electron chi connectivity index (χ0n) is 13.0. The lowest BCUT2D eigenvalue weighted by Crippen LogP contribution is -2.45. The van der Waals surface area contributed by atoms with Gasteiger partial charge in [-0.25, -0.2) is 4.98 Å². The Morgan fingerprint density at radius 2 is 2.05 bits per heavy atom. The predicted octanol–water partition coefficient (Wildman–Crippen LogP) is 0.980. The van der Waals surface area contributed by atoms with Gasteiger partial charge < -0.3 is 9.72 Å². The van der Waals surface area contributed by atoms with Crippen molar-refractivity contribution in [2.24, 2.45) is 0 Å². The van der Waals surface area contributed by atoms with Crippen molar-refractivity contribution in [3.63, 3.8) is 0 Å². The molecule has 0 aliphatic carbocycles. The lowest BCUT2D eigenvalue weighted by atomic mass is 10.3. The Bertz CT molecular complexity index is 585. The van der Waals surface area contributed by atoms with Gasteiger partial charge in [-0.2, -0.15) is 0 Å². The maximum atomic E-state index is 4.69. The topological polar surface area (TPSA) is 35.8 Å². The summed E-state index contributed by atoms with van der Waals surface area (Å²) in [5, 5.41) is 3.39. The maximum Gasteiger partial charge on any atom is 0.137 e. The lowest BCUT2D eigenvalue weighted by molar-refractivity contribution is 0.201. The number of nitrogens with zero attached hydrogens (tertiary/aromatic N) is 4. The van der Waals surface area contributed by atoms with Gasteiger partial charge in [-0.05, 0) is 25.6 Å². The minimum absolute atomic E-state index is 0.910. The van der Waals surface area contributed by atoms with E-state index in [9.17, 15) is 0 Å². The van der Waals surface area contributed by atoms with Crippen molar-refractivity contribution in [2.75, 3.05) is 46.3 Å². The fraction of sp³-hybridized carbons (Fsp3) is 0.562. The molecule has 5 heteroatoms. The number of hydrogen-bond acceptors (Lipinski definition) is 4. The van der Waals surface area contributed by atoms with E-state index in [4.69, 9.17) is 0 Å². The third-order valence-electron chi connectivity index (χ3n) is 4.09. The molecule has 1 aliphatic heterocycles. The van der Waals surface area contributed by atoms with E-state index in [0.29, 0.717) is 0 Å². The Labute approximate surface area is 126 Å². The molecular weight excluding hydrogens is 262 g/mol. The van der Waals surface area contributed by atoms with Gasteiger partial charge in [-0.1, -0.05) is 6.07 Å². The maximum absolute atomic E-state index is 4.69. The average molecular weight is 287 g/mol. The number of nitrogens with one attached hydrogen (secondary N) is 1. The molecule has 2 aromatic rings. The van der Waals surface area contributed by atoms with E-state index in [-0.39, 0.29) is 0 Å². The molecule has 0 atom stereocenters. The number of rotatable bonds is 5. The van der Waals surface area contributed by atoms with Crippen LogP contribution in [0.15, 0.2) is 24.5 Å². The molecule has 1 fully saturated rings. The molecule has 0 saturated carbocycles. The Kier molecular flexibility index (Phi) is 4.53. The highest BCUT2D eigenvalue weighted by Crippen LogP contribution is 2.09. The Hall–Kier alpha value is -1.43. The summed E-state index contributed by atoms with van der Waals surface area (Å²) in [6, 6.07) is 4.19. The number of piperazine rings is 1. The molecule has 0 bridgehead atoms. The van der Waals surface area contributed by atoms with Crippen LogP contribution in [0.5, 0.6) is 0 Å². The van der Waals surface area contributed by atoms with Gasteiger partial charge in [0.05, 0.1) is 5.69 Å². The summed E-state index contributed by atoms with van der Waals surface area (Å²) in [7, 11) is 2.18. The highest BCUT2D eigenvalue weighted by atomic mass is 15.2. The molecule has 5 nitrogen and oxygen atoms in total. The number of aryl methyl sites for hydroxylation is 1. The molecule has 0 amide bonds. The van der Waals surface area contributed by atoms with Gasteiger partial charge in [-0.3, -0.25) is 9.80 Å². The second-order valence-electron chi connectivity index (χ2n) is 6.03. The van der Waals surface area contributed by atoms with Crippen molar-refractivity contribution in [3.8, 4) is 0 Å². The van der Waals surface area contributed by atoms with E-state index in [2.05, 4.69) is 63.0 Å². The fourth-order valence-electron chi connectivity index (χ4n) is 2.83. The second kappa shape index (κ2) is 6.56. The number of pyridine rings is 1. The zero-order valence-corrected chi connectivity index (χ0v) is 13.0. The Balaban J connectivity index is 1.54. The minimum Gasteiger partial charge on any atom is -0.314 e. The van der Waals surface area contributed by atoms with Crippen LogP contribution in [0.2, 0.25) is 0 Å². The van der Waals surface area contributed by atoms with Gasteiger partial charge in [0, 0.05) is 58.2 Å². The van der Waals surface area contributed by atoms with Gasteiger partial charge in [0.2, 0.25) is 0 Å². The summed E-state index contributed by atoms with van der Waals surface area (Å²) >= 11 is 0. The molecule has 3 rings (SSSR count).